The molecule has 1 atom stereocenters. The number of amides is 2. The van der Waals surface area contributed by atoms with Crippen LogP contribution in [-0.4, -0.2) is 36.2 Å². The number of esters is 1. The zero-order chi connectivity index (χ0) is 19.0. The molecule has 0 aliphatic rings. The van der Waals surface area contributed by atoms with E-state index in [1.54, 1.807) is 32.9 Å². The second-order valence-electron chi connectivity index (χ2n) is 6.66. The highest BCUT2D eigenvalue weighted by Gasteiger charge is 2.16. The van der Waals surface area contributed by atoms with Gasteiger partial charge in [0.1, 0.15) is 5.60 Å². The molecule has 0 bridgehead atoms. The molecule has 0 aromatic heterocycles. The Bertz CT molecular complexity index is 605. The number of ether oxygens (including phenoxy) is 2. The first-order valence-electron chi connectivity index (χ1n) is 8.17. The molecule has 0 radical (unpaired) electrons. The molecular formula is C18H26N2O5. The normalized spacial score (nSPS) is 12.0. The van der Waals surface area contributed by atoms with Gasteiger partial charge in [-0.2, -0.15) is 0 Å². The van der Waals surface area contributed by atoms with Crippen molar-refractivity contribution in [3.8, 4) is 0 Å². The van der Waals surface area contributed by atoms with Gasteiger partial charge < -0.3 is 14.8 Å². The van der Waals surface area contributed by atoms with E-state index in [-0.39, 0.29) is 24.1 Å². The van der Waals surface area contributed by atoms with Gasteiger partial charge in [0.05, 0.1) is 5.56 Å². The van der Waals surface area contributed by atoms with E-state index in [9.17, 15) is 14.4 Å². The Morgan fingerprint density at radius 3 is 2.24 bits per heavy atom. The van der Waals surface area contributed by atoms with Crippen LogP contribution in [0.4, 0.5) is 10.5 Å². The lowest BCUT2D eigenvalue weighted by atomic mass is 10.2. The Hall–Kier alpha value is -2.57. The second kappa shape index (κ2) is 9.05. The fourth-order valence-electron chi connectivity index (χ4n) is 1.74. The smallest absolute Gasteiger partial charge is 0.412 e. The average Bonchev–Trinajstić information content (AvgIpc) is 2.51. The largest absolute Gasteiger partial charge is 0.452 e. The van der Waals surface area contributed by atoms with E-state index in [1.807, 2.05) is 13.8 Å². The van der Waals surface area contributed by atoms with Gasteiger partial charge >= 0.3 is 12.1 Å². The highest BCUT2D eigenvalue weighted by molar-refractivity contribution is 5.92. The van der Waals surface area contributed by atoms with Crippen LogP contribution >= 0.6 is 0 Å². The molecular weight excluding hydrogens is 324 g/mol. The van der Waals surface area contributed by atoms with Gasteiger partial charge in [-0.15, -0.1) is 0 Å². The van der Waals surface area contributed by atoms with E-state index in [1.165, 1.54) is 12.1 Å². The Labute approximate surface area is 148 Å². The van der Waals surface area contributed by atoms with Gasteiger partial charge in [0, 0.05) is 11.7 Å². The lowest BCUT2D eigenvalue weighted by molar-refractivity contribution is -0.124. The molecule has 1 rings (SSSR count). The van der Waals surface area contributed by atoms with Crippen molar-refractivity contribution in [2.24, 2.45) is 0 Å². The molecule has 0 aliphatic heterocycles. The molecule has 7 nitrogen and oxygen atoms in total. The van der Waals surface area contributed by atoms with Crippen molar-refractivity contribution in [1.82, 2.24) is 5.32 Å². The molecule has 1 aromatic rings. The molecule has 138 valence electrons. The summed E-state index contributed by atoms with van der Waals surface area (Å²) in [5.41, 5.74) is 0.176. The molecule has 1 aromatic carbocycles. The quantitative estimate of drug-likeness (QED) is 0.769. The van der Waals surface area contributed by atoms with Crippen molar-refractivity contribution < 1.29 is 23.9 Å². The van der Waals surface area contributed by atoms with Gasteiger partial charge in [-0.1, -0.05) is 6.92 Å². The maximum absolute atomic E-state index is 11.9. The minimum absolute atomic E-state index is 0.0319. The highest BCUT2D eigenvalue weighted by Crippen LogP contribution is 2.13. The third-order valence-electron chi connectivity index (χ3n) is 3.12. The molecule has 25 heavy (non-hydrogen) atoms. The summed E-state index contributed by atoms with van der Waals surface area (Å²) in [6.45, 7) is 8.79. The Kier molecular flexibility index (Phi) is 7.42. The van der Waals surface area contributed by atoms with Gasteiger partial charge in [0.2, 0.25) is 0 Å². The third kappa shape index (κ3) is 8.19. The number of rotatable bonds is 6. The number of hydrogen-bond acceptors (Lipinski definition) is 5. The number of hydrogen-bond donors (Lipinski definition) is 2. The van der Waals surface area contributed by atoms with E-state index >= 15 is 0 Å². The predicted molar refractivity (Wildman–Crippen MR) is 94.5 cm³/mol. The molecule has 2 N–H and O–H groups in total. The van der Waals surface area contributed by atoms with E-state index in [0.717, 1.165) is 6.42 Å². The zero-order valence-electron chi connectivity index (χ0n) is 15.3. The fraction of sp³-hybridized carbons (Fsp3) is 0.500. The SMILES string of the molecule is CC[C@H](C)NC(=O)COC(=O)c1ccc(NC(=O)OC(C)(C)C)cc1. The van der Waals surface area contributed by atoms with Gasteiger partial charge in [-0.05, 0) is 58.4 Å². The lowest BCUT2D eigenvalue weighted by Crippen LogP contribution is -2.35. The monoisotopic (exact) mass is 350 g/mol. The first-order chi connectivity index (χ1) is 11.6. The van der Waals surface area contributed by atoms with Crippen LogP contribution in [0.3, 0.4) is 0 Å². The van der Waals surface area contributed by atoms with Crippen molar-refractivity contribution in [2.75, 3.05) is 11.9 Å². The van der Waals surface area contributed by atoms with Crippen LogP contribution in [0.1, 0.15) is 51.4 Å². The number of anilines is 1. The molecule has 0 fully saturated rings. The molecule has 2 amide bonds. The number of nitrogens with one attached hydrogen (secondary N) is 2. The van der Waals surface area contributed by atoms with Gasteiger partial charge in [0.15, 0.2) is 6.61 Å². The number of benzene rings is 1. The fourth-order valence-corrected chi connectivity index (χ4v) is 1.74. The average molecular weight is 350 g/mol. The molecule has 0 saturated heterocycles. The topological polar surface area (TPSA) is 93.7 Å². The first-order valence-corrected chi connectivity index (χ1v) is 8.17. The van der Waals surface area contributed by atoms with Crippen molar-refractivity contribution >= 4 is 23.7 Å². The van der Waals surface area contributed by atoms with E-state index in [0.29, 0.717) is 5.69 Å². The van der Waals surface area contributed by atoms with Crippen LogP contribution < -0.4 is 10.6 Å². The van der Waals surface area contributed by atoms with Crippen molar-refractivity contribution in [3.63, 3.8) is 0 Å². The van der Waals surface area contributed by atoms with Crippen LogP contribution in [0.2, 0.25) is 0 Å². The summed E-state index contributed by atoms with van der Waals surface area (Å²) in [6, 6.07) is 6.15. The molecule has 0 spiro atoms. The molecule has 0 aliphatic carbocycles. The summed E-state index contributed by atoms with van der Waals surface area (Å²) < 4.78 is 10.1. The lowest BCUT2D eigenvalue weighted by Gasteiger charge is -2.19. The molecule has 0 unspecified atom stereocenters. The Morgan fingerprint density at radius 2 is 1.72 bits per heavy atom. The van der Waals surface area contributed by atoms with Crippen molar-refractivity contribution in [3.05, 3.63) is 29.8 Å². The van der Waals surface area contributed by atoms with Gasteiger partial charge in [-0.25, -0.2) is 9.59 Å². The van der Waals surface area contributed by atoms with Crippen LogP contribution in [-0.2, 0) is 14.3 Å². The predicted octanol–water partition coefficient (Wildman–Crippen LogP) is 3.11. The van der Waals surface area contributed by atoms with Gasteiger partial charge in [0.25, 0.3) is 5.91 Å². The Balaban J connectivity index is 2.51. The summed E-state index contributed by atoms with van der Waals surface area (Å²) in [6.07, 6.45) is 0.218. The minimum Gasteiger partial charge on any atom is -0.452 e. The third-order valence-corrected chi connectivity index (χ3v) is 3.12. The summed E-state index contributed by atoms with van der Waals surface area (Å²) >= 11 is 0. The van der Waals surface area contributed by atoms with Crippen LogP contribution in [0.15, 0.2) is 24.3 Å². The van der Waals surface area contributed by atoms with E-state index in [4.69, 9.17) is 9.47 Å². The highest BCUT2D eigenvalue weighted by atomic mass is 16.6. The zero-order valence-corrected chi connectivity index (χ0v) is 15.3. The maximum Gasteiger partial charge on any atom is 0.412 e. The van der Waals surface area contributed by atoms with Crippen molar-refractivity contribution in [2.45, 2.75) is 52.7 Å². The van der Waals surface area contributed by atoms with Gasteiger partial charge in [-0.3, -0.25) is 10.1 Å². The summed E-state index contributed by atoms with van der Waals surface area (Å²) in [5.74, 6) is -0.950. The van der Waals surface area contributed by atoms with Crippen LogP contribution in [0.5, 0.6) is 0 Å². The summed E-state index contributed by atoms with van der Waals surface area (Å²) in [4.78, 5) is 35.2. The maximum atomic E-state index is 11.9. The van der Waals surface area contributed by atoms with Crippen LogP contribution in [0.25, 0.3) is 0 Å². The first kappa shape index (κ1) is 20.5. The number of carbonyl (C=O) groups excluding carboxylic acids is 3. The van der Waals surface area contributed by atoms with E-state index in [2.05, 4.69) is 10.6 Å². The van der Waals surface area contributed by atoms with Crippen LogP contribution in [0, 0.1) is 0 Å². The molecule has 7 heteroatoms. The second-order valence-corrected chi connectivity index (χ2v) is 6.66. The summed E-state index contributed by atoms with van der Waals surface area (Å²) in [5, 5.41) is 5.27. The minimum atomic E-state index is -0.608. The molecule has 0 heterocycles. The Morgan fingerprint density at radius 1 is 1.12 bits per heavy atom. The molecule has 0 saturated carbocycles. The van der Waals surface area contributed by atoms with E-state index < -0.39 is 17.7 Å². The summed E-state index contributed by atoms with van der Waals surface area (Å²) in [7, 11) is 0. The standard InChI is InChI=1S/C18H26N2O5/c1-6-12(2)19-15(21)11-24-16(22)13-7-9-14(10-8-13)20-17(23)25-18(3,4)5/h7-10,12H,6,11H2,1-5H3,(H,19,21)(H,20,23)/t12-/m0/s1. The number of carbonyl (C=O) groups is 3. The van der Waals surface area contributed by atoms with Crippen molar-refractivity contribution in [1.29, 1.82) is 0 Å².